The average Bonchev–Trinajstić information content (AvgIpc) is 2.39. The summed E-state index contributed by atoms with van der Waals surface area (Å²) in [5.41, 5.74) is 0. The molecular formula is C8H9KNO5. The molecule has 2 atom stereocenters. The first kappa shape index (κ1) is 13.1. The molecular weight excluding hydrogens is 229 g/mol. The van der Waals surface area contributed by atoms with Crippen molar-refractivity contribution in [2.24, 2.45) is 0 Å². The maximum atomic E-state index is 11.1. The molecule has 77 valence electrons. The van der Waals surface area contributed by atoms with Gasteiger partial charge < -0.3 is 14.9 Å². The van der Waals surface area contributed by atoms with E-state index in [1.54, 1.807) is 0 Å². The number of carboxylic acids is 1. The minimum atomic E-state index is -1.14. The number of aliphatic carboxylic acids is 1. The van der Waals surface area contributed by atoms with Crippen molar-refractivity contribution in [2.45, 2.75) is 18.7 Å². The van der Waals surface area contributed by atoms with Crippen LogP contribution in [0.5, 0.6) is 0 Å². The van der Waals surface area contributed by atoms with Crippen LogP contribution in [0.25, 0.3) is 0 Å². The molecule has 2 aliphatic heterocycles. The molecule has 0 aromatic carbocycles. The van der Waals surface area contributed by atoms with Crippen LogP contribution in [0.3, 0.4) is 0 Å². The molecule has 2 N–H and O–H groups in total. The molecule has 2 rings (SSSR count). The second-order valence-corrected chi connectivity index (χ2v) is 3.11. The number of β-lactam (4-membered cyclic amide) rings is 1. The van der Waals surface area contributed by atoms with Crippen LogP contribution in [-0.2, 0) is 14.3 Å². The topological polar surface area (TPSA) is 87.1 Å². The first-order chi connectivity index (χ1) is 6.65. The van der Waals surface area contributed by atoms with E-state index in [0.29, 0.717) is 0 Å². The molecule has 0 aliphatic carbocycles. The summed E-state index contributed by atoms with van der Waals surface area (Å²) in [5, 5.41) is 17.5. The van der Waals surface area contributed by atoms with Crippen molar-refractivity contribution < 1.29 is 24.5 Å². The van der Waals surface area contributed by atoms with Gasteiger partial charge in [-0.2, -0.15) is 0 Å². The van der Waals surface area contributed by atoms with Crippen molar-refractivity contribution in [3.63, 3.8) is 0 Å². The molecule has 1 unspecified atom stereocenters. The van der Waals surface area contributed by atoms with Gasteiger partial charge in [0.2, 0.25) is 5.91 Å². The second kappa shape index (κ2) is 4.94. The Bertz CT molecular complexity index is 329. The van der Waals surface area contributed by atoms with Crippen LogP contribution in [0.2, 0.25) is 0 Å². The van der Waals surface area contributed by atoms with Crippen LogP contribution >= 0.6 is 0 Å². The van der Waals surface area contributed by atoms with Crippen LogP contribution in [-0.4, -0.2) is 97.3 Å². The van der Waals surface area contributed by atoms with Crippen molar-refractivity contribution in [1.29, 1.82) is 0 Å². The Morgan fingerprint density at radius 2 is 2.33 bits per heavy atom. The predicted molar refractivity (Wildman–Crippen MR) is 48.7 cm³/mol. The number of hydrogen-bond acceptors (Lipinski definition) is 4. The maximum absolute atomic E-state index is 11.1. The van der Waals surface area contributed by atoms with Gasteiger partial charge >= 0.3 is 5.97 Å². The van der Waals surface area contributed by atoms with Crippen LogP contribution in [0.15, 0.2) is 11.8 Å². The summed E-state index contributed by atoms with van der Waals surface area (Å²) in [6.07, 6.45) is 1.03. The van der Waals surface area contributed by atoms with E-state index in [9.17, 15) is 9.59 Å². The standard InChI is InChI=1S/C8H9NO5.K/c10-2-1-4-7(8(12)13)9-5(11)3-6(9)14-4;/h1,6-7,10H,2-3H2,(H,12,13);/t6-,7?;/m1./s1. The third kappa shape index (κ3) is 2.13. The molecule has 0 aromatic rings. The van der Waals surface area contributed by atoms with E-state index in [2.05, 4.69) is 0 Å². The fourth-order valence-corrected chi connectivity index (χ4v) is 1.66. The van der Waals surface area contributed by atoms with Crippen molar-refractivity contribution in [2.75, 3.05) is 6.61 Å². The maximum Gasteiger partial charge on any atom is 0.334 e. The number of nitrogens with zero attached hydrogens (tertiary/aromatic N) is 1. The molecule has 2 aliphatic rings. The summed E-state index contributed by atoms with van der Waals surface area (Å²) in [4.78, 5) is 23.1. The van der Waals surface area contributed by atoms with E-state index in [-0.39, 0.29) is 76.1 Å². The normalized spacial score (nSPS) is 30.3. The van der Waals surface area contributed by atoms with E-state index in [1.807, 2.05) is 0 Å². The summed E-state index contributed by atoms with van der Waals surface area (Å²) < 4.78 is 5.17. The molecule has 6 nitrogen and oxygen atoms in total. The van der Waals surface area contributed by atoms with E-state index in [1.165, 1.54) is 11.0 Å². The average molecular weight is 238 g/mol. The molecule has 0 saturated carbocycles. The number of aliphatic hydroxyl groups is 1. The molecule has 2 fully saturated rings. The number of fused-ring (bicyclic) bond motifs is 1. The Kier molecular flexibility index (Phi) is 4.33. The van der Waals surface area contributed by atoms with Crippen LogP contribution in [0.4, 0.5) is 0 Å². The smallest absolute Gasteiger partial charge is 0.334 e. The van der Waals surface area contributed by atoms with Crippen molar-refractivity contribution in [3.8, 4) is 0 Å². The summed E-state index contributed by atoms with van der Waals surface area (Å²) >= 11 is 0. The molecule has 1 radical (unpaired) electrons. The Morgan fingerprint density at radius 3 is 2.80 bits per heavy atom. The van der Waals surface area contributed by atoms with E-state index in [4.69, 9.17) is 14.9 Å². The SMILES string of the molecule is O=C(O)C1C(=CCO)O[C@@H]2CC(=O)N12.[K]. The number of aliphatic hydroxyl groups excluding tert-OH is 1. The third-order valence-electron chi connectivity index (χ3n) is 2.29. The quantitative estimate of drug-likeness (QED) is 0.453. The van der Waals surface area contributed by atoms with Gasteiger partial charge in [-0.05, 0) is 6.08 Å². The van der Waals surface area contributed by atoms with Crippen molar-refractivity contribution >= 4 is 63.3 Å². The first-order valence-electron chi connectivity index (χ1n) is 4.16. The number of amides is 1. The van der Waals surface area contributed by atoms with Crippen molar-refractivity contribution in [3.05, 3.63) is 11.8 Å². The van der Waals surface area contributed by atoms with Gasteiger partial charge in [0.15, 0.2) is 12.3 Å². The zero-order valence-corrected chi connectivity index (χ0v) is 11.3. The number of carboxylic acid groups (broad SMARTS) is 1. The Hall–Kier alpha value is 0.0764. The fraction of sp³-hybridized carbons (Fsp3) is 0.500. The monoisotopic (exact) mass is 238 g/mol. The van der Waals surface area contributed by atoms with E-state index < -0.39 is 18.2 Å². The largest absolute Gasteiger partial charge is 0.479 e. The van der Waals surface area contributed by atoms with E-state index >= 15 is 0 Å². The molecule has 2 heterocycles. The van der Waals surface area contributed by atoms with Crippen LogP contribution < -0.4 is 0 Å². The number of ether oxygens (including phenoxy) is 1. The Balaban J connectivity index is 0.00000112. The molecule has 0 aromatic heterocycles. The summed E-state index contributed by atoms with van der Waals surface area (Å²) in [6.45, 7) is -0.298. The molecule has 7 heteroatoms. The van der Waals surface area contributed by atoms with Gasteiger partial charge in [-0.1, -0.05) is 0 Å². The van der Waals surface area contributed by atoms with Crippen molar-refractivity contribution in [1.82, 2.24) is 4.90 Å². The zero-order valence-electron chi connectivity index (χ0n) is 8.21. The summed E-state index contributed by atoms with van der Waals surface area (Å²) in [7, 11) is 0. The van der Waals surface area contributed by atoms with Gasteiger partial charge in [-0.15, -0.1) is 0 Å². The van der Waals surface area contributed by atoms with Gasteiger partial charge in [0.1, 0.15) is 5.76 Å². The predicted octanol–water partition coefficient (Wildman–Crippen LogP) is -1.48. The van der Waals surface area contributed by atoms with Crippen LogP contribution in [0, 0.1) is 0 Å². The Labute approximate surface area is 128 Å². The number of carbonyl (C=O) groups is 2. The summed E-state index contributed by atoms with van der Waals surface area (Å²) in [5.74, 6) is -1.22. The molecule has 0 bridgehead atoms. The van der Waals surface area contributed by atoms with Gasteiger partial charge in [0.05, 0.1) is 13.0 Å². The molecule has 1 amide bonds. The van der Waals surface area contributed by atoms with Gasteiger partial charge in [0, 0.05) is 51.4 Å². The zero-order chi connectivity index (χ0) is 10.3. The third-order valence-corrected chi connectivity index (χ3v) is 2.29. The minimum absolute atomic E-state index is 0. The van der Waals surface area contributed by atoms with Crippen LogP contribution in [0.1, 0.15) is 6.42 Å². The van der Waals surface area contributed by atoms with Gasteiger partial charge in [0.25, 0.3) is 0 Å². The molecule has 0 spiro atoms. The fourth-order valence-electron chi connectivity index (χ4n) is 1.66. The molecule has 2 saturated heterocycles. The summed E-state index contributed by atoms with van der Waals surface area (Å²) in [6, 6.07) is -1.06. The number of rotatable bonds is 2. The molecule has 15 heavy (non-hydrogen) atoms. The number of carbonyl (C=O) groups excluding carboxylic acids is 1. The van der Waals surface area contributed by atoms with Gasteiger partial charge in [-0.3, -0.25) is 9.69 Å². The van der Waals surface area contributed by atoms with E-state index in [0.717, 1.165) is 0 Å². The first-order valence-corrected chi connectivity index (χ1v) is 4.16. The number of hydrogen-bond donors (Lipinski definition) is 2. The van der Waals surface area contributed by atoms with Gasteiger partial charge in [-0.25, -0.2) is 4.79 Å². The Morgan fingerprint density at radius 1 is 1.67 bits per heavy atom. The minimum Gasteiger partial charge on any atom is -0.479 e. The second-order valence-electron chi connectivity index (χ2n) is 3.11.